The monoisotopic (exact) mass is 387 g/mol. The average Bonchev–Trinajstić information content (AvgIpc) is 2.61. The number of carbonyl (C=O) groups is 1. The highest BCUT2D eigenvalue weighted by atomic mass is 19.4. The minimum Gasteiger partial charge on any atom is -0.476 e. The fraction of sp³-hybridized carbons (Fsp3) is 0.684. The van der Waals surface area contributed by atoms with Crippen molar-refractivity contribution < 1.29 is 22.7 Å². The van der Waals surface area contributed by atoms with Crippen molar-refractivity contribution in [2.75, 3.05) is 20.2 Å². The summed E-state index contributed by atoms with van der Waals surface area (Å²) in [6, 6.07) is 2.61. The molecule has 1 aliphatic rings. The molecule has 0 aliphatic carbocycles. The Balaban J connectivity index is 1.97. The predicted molar refractivity (Wildman–Crippen MR) is 96.4 cm³/mol. The third kappa shape index (κ3) is 5.57. The van der Waals surface area contributed by atoms with E-state index < -0.39 is 23.0 Å². The number of ether oxygens (including phenoxy) is 1. The fourth-order valence-electron chi connectivity index (χ4n) is 3.19. The molecular formula is C19H28F3N3O2. The number of hydrogen-bond acceptors (Lipinski definition) is 4. The number of nitrogens with one attached hydrogen (secondary N) is 1. The number of nitrogens with zero attached hydrogens (tertiary/aromatic N) is 2. The highest BCUT2D eigenvalue weighted by Crippen LogP contribution is 2.35. The van der Waals surface area contributed by atoms with Gasteiger partial charge in [0.05, 0.1) is 5.41 Å². The number of aromatic nitrogens is 1. The molecule has 2 atom stereocenters. The van der Waals surface area contributed by atoms with E-state index in [4.69, 9.17) is 4.74 Å². The molecule has 27 heavy (non-hydrogen) atoms. The zero-order valence-electron chi connectivity index (χ0n) is 16.3. The van der Waals surface area contributed by atoms with E-state index >= 15 is 0 Å². The summed E-state index contributed by atoms with van der Waals surface area (Å²) < 4.78 is 44.4. The minimum absolute atomic E-state index is 0.0681. The number of piperidine rings is 1. The Bertz CT molecular complexity index is 649. The average molecular weight is 387 g/mol. The van der Waals surface area contributed by atoms with Crippen molar-refractivity contribution >= 4 is 5.91 Å². The van der Waals surface area contributed by atoms with Gasteiger partial charge in [-0.05, 0) is 52.3 Å². The van der Waals surface area contributed by atoms with Gasteiger partial charge in [0.15, 0.2) is 0 Å². The van der Waals surface area contributed by atoms with Crippen LogP contribution >= 0.6 is 0 Å². The van der Waals surface area contributed by atoms with Gasteiger partial charge in [0.2, 0.25) is 11.8 Å². The minimum atomic E-state index is -4.56. The molecule has 1 fully saturated rings. The zero-order valence-corrected chi connectivity index (χ0v) is 16.3. The van der Waals surface area contributed by atoms with Crippen molar-refractivity contribution in [1.29, 1.82) is 0 Å². The van der Waals surface area contributed by atoms with Gasteiger partial charge in [0.25, 0.3) is 0 Å². The van der Waals surface area contributed by atoms with E-state index in [1.54, 1.807) is 13.8 Å². The van der Waals surface area contributed by atoms with Crippen LogP contribution in [0, 0.1) is 5.41 Å². The lowest BCUT2D eigenvalue weighted by Crippen LogP contribution is -2.51. The maximum Gasteiger partial charge on any atom is 0.421 e. The first-order valence-corrected chi connectivity index (χ1v) is 9.20. The van der Waals surface area contributed by atoms with Gasteiger partial charge in [-0.15, -0.1) is 0 Å². The molecule has 1 aromatic heterocycles. The molecule has 0 bridgehead atoms. The first-order chi connectivity index (χ1) is 12.5. The van der Waals surface area contributed by atoms with Crippen molar-refractivity contribution in [3.05, 3.63) is 23.9 Å². The summed E-state index contributed by atoms with van der Waals surface area (Å²) >= 11 is 0. The zero-order chi connectivity index (χ0) is 20.2. The van der Waals surface area contributed by atoms with Crippen molar-refractivity contribution in [3.8, 4) is 5.88 Å². The second-order valence-corrected chi connectivity index (χ2v) is 7.76. The Morgan fingerprint density at radius 3 is 2.74 bits per heavy atom. The molecule has 1 saturated heterocycles. The van der Waals surface area contributed by atoms with Crippen LogP contribution in [0.3, 0.4) is 0 Å². The van der Waals surface area contributed by atoms with E-state index in [9.17, 15) is 18.0 Å². The number of alkyl halides is 3. The van der Waals surface area contributed by atoms with Gasteiger partial charge in [0.1, 0.15) is 12.2 Å². The number of halogens is 3. The van der Waals surface area contributed by atoms with Crippen LogP contribution < -0.4 is 10.1 Å². The first kappa shape index (κ1) is 21.5. The Kier molecular flexibility index (Phi) is 6.72. The van der Waals surface area contributed by atoms with Crippen molar-refractivity contribution in [2.45, 2.75) is 58.3 Å². The topological polar surface area (TPSA) is 54.5 Å². The molecule has 8 heteroatoms. The van der Waals surface area contributed by atoms with E-state index in [2.05, 4.69) is 29.2 Å². The second kappa shape index (κ2) is 8.46. The van der Waals surface area contributed by atoms with E-state index in [0.29, 0.717) is 6.04 Å². The normalized spacial score (nSPS) is 21.7. The highest BCUT2D eigenvalue weighted by molar-refractivity contribution is 5.82. The molecule has 1 aliphatic heterocycles. The summed E-state index contributed by atoms with van der Waals surface area (Å²) in [6.07, 6.45) is -0.585. The number of rotatable bonds is 6. The quantitative estimate of drug-likeness (QED) is 0.812. The van der Waals surface area contributed by atoms with E-state index in [0.717, 1.165) is 31.9 Å². The maximum absolute atomic E-state index is 13.0. The molecule has 0 saturated carbocycles. The van der Waals surface area contributed by atoms with E-state index in [-0.39, 0.29) is 18.6 Å². The van der Waals surface area contributed by atoms with Crippen LogP contribution in [0.4, 0.5) is 13.2 Å². The smallest absolute Gasteiger partial charge is 0.421 e. The van der Waals surface area contributed by atoms with Crippen LogP contribution in [0.5, 0.6) is 5.88 Å². The second-order valence-electron chi connectivity index (χ2n) is 7.76. The Morgan fingerprint density at radius 2 is 2.11 bits per heavy atom. The van der Waals surface area contributed by atoms with Crippen LogP contribution in [0.25, 0.3) is 0 Å². The summed E-state index contributed by atoms with van der Waals surface area (Å²) in [4.78, 5) is 18.6. The summed E-state index contributed by atoms with van der Waals surface area (Å²) in [5.74, 6) is -0.729. The highest BCUT2D eigenvalue weighted by Gasteiger charge is 2.37. The van der Waals surface area contributed by atoms with E-state index in [1.807, 2.05) is 0 Å². The fourth-order valence-corrected chi connectivity index (χ4v) is 3.19. The van der Waals surface area contributed by atoms with Gasteiger partial charge in [-0.2, -0.15) is 13.2 Å². The molecule has 1 aromatic rings. The Hall–Kier alpha value is -1.83. The molecule has 2 rings (SSSR count). The van der Waals surface area contributed by atoms with Crippen molar-refractivity contribution in [2.24, 2.45) is 5.41 Å². The van der Waals surface area contributed by atoms with Crippen LogP contribution in [-0.4, -0.2) is 48.1 Å². The van der Waals surface area contributed by atoms with Gasteiger partial charge >= 0.3 is 6.18 Å². The third-order valence-corrected chi connectivity index (χ3v) is 5.08. The lowest BCUT2D eigenvalue weighted by atomic mass is 9.90. The molecule has 0 spiro atoms. The molecule has 2 unspecified atom stereocenters. The predicted octanol–water partition coefficient (Wildman–Crippen LogP) is 3.49. The SMILES string of the molecule is CCC1CC(NC(=O)C(C)(C)COc2ncccc2C(F)(F)F)CCN1C. The van der Waals surface area contributed by atoms with Crippen LogP contribution in [0.2, 0.25) is 0 Å². The molecule has 5 nitrogen and oxygen atoms in total. The maximum atomic E-state index is 13.0. The summed E-state index contributed by atoms with van der Waals surface area (Å²) in [5, 5.41) is 3.04. The summed E-state index contributed by atoms with van der Waals surface area (Å²) in [7, 11) is 2.08. The van der Waals surface area contributed by atoms with E-state index in [1.165, 1.54) is 12.3 Å². The largest absolute Gasteiger partial charge is 0.476 e. The van der Waals surface area contributed by atoms with Crippen LogP contribution in [0.1, 0.15) is 45.6 Å². The molecule has 0 aromatic carbocycles. The number of pyridine rings is 1. The molecule has 2 heterocycles. The van der Waals surface area contributed by atoms with Crippen LogP contribution in [0.15, 0.2) is 18.3 Å². The van der Waals surface area contributed by atoms with Crippen molar-refractivity contribution in [3.63, 3.8) is 0 Å². The number of hydrogen-bond donors (Lipinski definition) is 1. The lowest BCUT2D eigenvalue weighted by molar-refractivity contribution is -0.139. The molecule has 1 N–H and O–H groups in total. The van der Waals surface area contributed by atoms with Gasteiger partial charge in [-0.25, -0.2) is 4.98 Å². The molecule has 1 amide bonds. The standard InChI is InChI=1S/C19H28F3N3O2/c1-5-14-11-13(8-10-25(14)4)24-17(26)18(2,3)12-27-16-15(19(20,21)22)7-6-9-23-16/h6-7,9,13-14H,5,8,10-12H2,1-4H3,(H,24,26). The Morgan fingerprint density at radius 1 is 1.41 bits per heavy atom. The molecule has 0 radical (unpaired) electrons. The van der Waals surface area contributed by atoms with Crippen molar-refractivity contribution in [1.82, 2.24) is 15.2 Å². The third-order valence-electron chi connectivity index (χ3n) is 5.08. The van der Waals surface area contributed by atoms with Gasteiger partial charge in [-0.1, -0.05) is 6.92 Å². The molecule has 152 valence electrons. The number of likely N-dealkylation sites (tertiary alicyclic amines) is 1. The van der Waals surface area contributed by atoms with Gasteiger partial charge in [-0.3, -0.25) is 4.79 Å². The molecular weight excluding hydrogens is 359 g/mol. The lowest BCUT2D eigenvalue weighted by Gasteiger charge is -2.38. The summed E-state index contributed by atoms with van der Waals surface area (Å²) in [6.45, 7) is 6.15. The van der Waals surface area contributed by atoms with Crippen LogP contribution in [-0.2, 0) is 11.0 Å². The number of amides is 1. The number of carbonyl (C=O) groups excluding carboxylic acids is 1. The Labute approximate surface area is 158 Å². The van der Waals surface area contributed by atoms with Gasteiger partial charge in [0, 0.05) is 24.8 Å². The van der Waals surface area contributed by atoms with Gasteiger partial charge < -0.3 is 15.0 Å². The summed E-state index contributed by atoms with van der Waals surface area (Å²) in [5.41, 5.74) is -1.92. The first-order valence-electron chi connectivity index (χ1n) is 9.20.